The number of nitrogens with one attached hydrogen (secondary N) is 1. The Balaban J connectivity index is 0.00000192. The standard InChI is InChI=1S/C14H20N2O4S2.ClH/c1-21(17,18)13-4-6-14(7-5-13)22(19,20)16-11-2-3-12(16)10-15-9-8-11;/h4-7,11-12,15H,2-3,8-10H2,1H3;1H. The van der Waals surface area contributed by atoms with Crippen LogP contribution in [0.1, 0.15) is 19.3 Å². The number of sulfonamides is 1. The summed E-state index contributed by atoms with van der Waals surface area (Å²) < 4.78 is 50.4. The van der Waals surface area contributed by atoms with E-state index in [1.807, 2.05) is 0 Å². The third kappa shape index (κ3) is 3.56. The number of benzene rings is 1. The predicted octanol–water partition coefficient (Wildman–Crippen LogP) is 1.03. The normalized spacial score (nSPS) is 25.6. The number of hydrogen-bond donors (Lipinski definition) is 1. The van der Waals surface area contributed by atoms with Crippen LogP contribution in [0.4, 0.5) is 0 Å². The molecule has 9 heteroatoms. The van der Waals surface area contributed by atoms with Crippen molar-refractivity contribution in [1.82, 2.24) is 9.62 Å². The molecule has 2 aliphatic heterocycles. The molecular weight excluding hydrogens is 360 g/mol. The molecule has 0 aromatic heterocycles. The first-order chi connectivity index (χ1) is 10.3. The van der Waals surface area contributed by atoms with Crippen molar-refractivity contribution < 1.29 is 16.8 Å². The van der Waals surface area contributed by atoms with Gasteiger partial charge in [-0.05, 0) is 50.1 Å². The molecule has 2 bridgehead atoms. The van der Waals surface area contributed by atoms with Gasteiger partial charge in [0.1, 0.15) is 0 Å². The van der Waals surface area contributed by atoms with Crippen molar-refractivity contribution in [1.29, 1.82) is 0 Å². The summed E-state index contributed by atoms with van der Waals surface area (Å²) in [5, 5.41) is 3.28. The fraction of sp³-hybridized carbons (Fsp3) is 0.571. The van der Waals surface area contributed by atoms with Crippen LogP contribution in [0.5, 0.6) is 0 Å². The molecule has 2 saturated heterocycles. The number of sulfone groups is 1. The van der Waals surface area contributed by atoms with Crippen LogP contribution in [0.15, 0.2) is 34.1 Å². The lowest BCUT2D eigenvalue weighted by molar-refractivity contribution is 0.334. The van der Waals surface area contributed by atoms with Gasteiger partial charge in [0.2, 0.25) is 10.0 Å². The van der Waals surface area contributed by atoms with Crippen LogP contribution in [0, 0.1) is 0 Å². The molecule has 0 saturated carbocycles. The fourth-order valence-electron chi connectivity index (χ4n) is 3.31. The van der Waals surface area contributed by atoms with Gasteiger partial charge in [0.25, 0.3) is 0 Å². The van der Waals surface area contributed by atoms with E-state index in [0.29, 0.717) is 6.54 Å². The van der Waals surface area contributed by atoms with Gasteiger partial charge in [-0.2, -0.15) is 4.31 Å². The minimum absolute atomic E-state index is 0. The molecule has 6 nitrogen and oxygen atoms in total. The minimum atomic E-state index is -3.58. The third-order valence-electron chi connectivity index (χ3n) is 4.41. The van der Waals surface area contributed by atoms with E-state index in [4.69, 9.17) is 0 Å². The lowest BCUT2D eigenvalue weighted by Gasteiger charge is -2.26. The summed E-state index contributed by atoms with van der Waals surface area (Å²) in [5.41, 5.74) is 0. The Morgan fingerprint density at radius 3 is 2.13 bits per heavy atom. The monoisotopic (exact) mass is 380 g/mol. The lowest BCUT2D eigenvalue weighted by atomic mass is 10.1. The van der Waals surface area contributed by atoms with Crippen molar-refractivity contribution in [3.05, 3.63) is 24.3 Å². The van der Waals surface area contributed by atoms with E-state index in [0.717, 1.165) is 32.1 Å². The van der Waals surface area contributed by atoms with Crippen molar-refractivity contribution in [2.45, 2.75) is 41.1 Å². The Morgan fingerprint density at radius 2 is 1.52 bits per heavy atom. The molecule has 0 radical (unpaired) electrons. The van der Waals surface area contributed by atoms with E-state index >= 15 is 0 Å². The maximum Gasteiger partial charge on any atom is 0.243 e. The third-order valence-corrected chi connectivity index (χ3v) is 7.56. The summed E-state index contributed by atoms with van der Waals surface area (Å²) >= 11 is 0. The second kappa shape index (κ2) is 6.68. The molecule has 2 aliphatic rings. The highest BCUT2D eigenvalue weighted by Gasteiger charge is 2.42. The molecule has 2 heterocycles. The Labute approximate surface area is 143 Å². The summed E-state index contributed by atoms with van der Waals surface area (Å²) in [7, 11) is -6.91. The highest BCUT2D eigenvalue weighted by atomic mass is 35.5. The lowest BCUT2D eigenvalue weighted by Crippen LogP contribution is -2.42. The van der Waals surface area contributed by atoms with Gasteiger partial charge in [-0.15, -0.1) is 12.4 Å². The number of fused-ring (bicyclic) bond motifs is 2. The van der Waals surface area contributed by atoms with Crippen molar-refractivity contribution in [2.24, 2.45) is 0 Å². The molecule has 0 aliphatic carbocycles. The quantitative estimate of drug-likeness (QED) is 0.846. The van der Waals surface area contributed by atoms with Crippen LogP contribution in [0.2, 0.25) is 0 Å². The number of halogens is 1. The molecule has 0 spiro atoms. The number of nitrogens with zero attached hydrogens (tertiary/aromatic N) is 1. The maximum atomic E-state index is 12.9. The molecular formula is C14H21ClN2O4S2. The van der Waals surface area contributed by atoms with Crippen LogP contribution in [0.25, 0.3) is 0 Å². The van der Waals surface area contributed by atoms with E-state index in [-0.39, 0.29) is 34.3 Å². The molecule has 2 fully saturated rings. The fourth-order valence-corrected chi connectivity index (χ4v) is 5.84. The number of hydrogen-bond acceptors (Lipinski definition) is 5. The van der Waals surface area contributed by atoms with Gasteiger partial charge >= 0.3 is 0 Å². The summed E-state index contributed by atoms with van der Waals surface area (Å²) in [6, 6.07) is 5.54. The molecule has 0 amide bonds. The van der Waals surface area contributed by atoms with Gasteiger partial charge in [-0.3, -0.25) is 0 Å². The highest BCUT2D eigenvalue weighted by Crippen LogP contribution is 2.33. The van der Waals surface area contributed by atoms with Crippen LogP contribution < -0.4 is 5.32 Å². The average molecular weight is 381 g/mol. The van der Waals surface area contributed by atoms with E-state index in [1.54, 1.807) is 4.31 Å². The van der Waals surface area contributed by atoms with Gasteiger partial charge in [-0.25, -0.2) is 16.8 Å². The molecule has 1 aromatic carbocycles. The molecule has 2 atom stereocenters. The Morgan fingerprint density at radius 1 is 0.957 bits per heavy atom. The first-order valence-electron chi connectivity index (χ1n) is 7.34. The smallest absolute Gasteiger partial charge is 0.243 e. The van der Waals surface area contributed by atoms with Crippen molar-refractivity contribution >= 4 is 32.3 Å². The molecule has 23 heavy (non-hydrogen) atoms. The van der Waals surface area contributed by atoms with E-state index in [2.05, 4.69) is 5.32 Å². The zero-order valence-electron chi connectivity index (χ0n) is 12.8. The zero-order chi connectivity index (χ0) is 16.0. The second-order valence-electron chi connectivity index (χ2n) is 5.96. The predicted molar refractivity (Wildman–Crippen MR) is 90.1 cm³/mol. The Hall–Kier alpha value is -0.670. The first kappa shape index (κ1) is 18.7. The SMILES string of the molecule is CS(=O)(=O)c1ccc(S(=O)(=O)N2C3CCNCC2CC3)cc1.Cl. The van der Waals surface area contributed by atoms with Gasteiger partial charge in [0.05, 0.1) is 9.79 Å². The summed E-state index contributed by atoms with van der Waals surface area (Å²) in [5.74, 6) is 0. The number of rotatable bonds is 3. The summed E-state index contributed by atoms with van der Waals surface area (Å²) in [6.45, 7) is 1.51. The van der Waals surface area contributed by atoms with Crippen LogP contribution in [-0.2, 0) is 19.9 Å². The largest absolute Gasteiger partial charge is 0.315 e. The van der Waals surface area contributed by atoms with Gasteiger partial charge in [0.15, 0.2) is 9.84 Å². The zero-order valence-corrected chi connectivity index (χ0v) is 15.3. The first-order valence-corrected chi connectivity index (χ1v) is 10.7. The molecule has 1 N–H and O–H groups in total. The Kier molecular flexibility index (Phi) is 5.42. The molecule has 2 unspecified atom stereocenters. The van der Waals surface area contributed by atoms with Crippen molar-refractivity contribution in [2.75, 3.05) is 19.3 Å². The van der Waals surface area contributed by atoms with Crippen LogP contribution in [0.3, 0.4) is 0 Å². The van der Waals surface area contributed by atoms with Gasteiger partial charge in [0, 0.05) is 24.9 Å². The molecule has 3 rings (SSSR count). The maximum absolute atomic E-state index is 12.9. The topological polar surface area (TPSA) is 83.5 Å². The molecule has 1 aromatic rings. The van der Waals surface area contributed by atoms with Crippen molar-refractivity contribution in [3.63, 3.8) is 0 Å². The van der Waals surface area contributed by atoms with Gasteiger partial charge in [-0.1, -0.05) is 0 Å². The molecule has 130 valence electrons. The van der Waals surface area contributed by atoms with E-state index < -0.39 is 19.9 Å². The van der Waals surface area contributed by atoms with Gasteiger partial charge < -0.3 is 5.32 Å². The summed E-state index contributed by atoms with van der Waals surface area (Å²) in [4.78, 5) is 0.297. The van der Waals surface area contributed by atoms with E-state index in [9.17, 15) is 16.8 Å². The summed E-state index contributed by atoms with van der Waals surface area (Å²) in [6.07, 6.45) is 3.69. The highest BCUT2D eigenvalue weighted by molar-refractivity contribution is 7.90. The average Bonchev–Trinajstić information content (AvgIpc) is 2.72. The van der Waals surface area contributed by atoms with Crippen LogP contribution in [-0.4, -0.2) is 52.6 Å². The van der Waals surface area contributed by atoms with E-state index in [1.165, 1.54) is 24.3 Å². The minimum Gasteiger partial charge on any atom is -0.315 e. The Bertz CT molecular complexity index is 748. The van der Waals surface area contributed by atoms with Crippen molar-refractivity contribution in [3.8, 4) is 0 Å². The van der Waals surface area contributed by atoms with Crippen LogP contribution >= 0.6 is 12.4 Å². The second-order valence-corrected chi connectivity index (χ2v) is 9.82.